The second-order valence-corrected chi connectivity index (χ2v) is 3.99. The first-order chi connectivity index (χ1) is 8.24. The Morgan fingerprint density at radius 2 is 2.53 bits per heavy atom. The fourth-order valence-corrected chi connectivity index (χ4v) is 1.63. The van der Waals surface area contributed by atoms with Crippen molar-refractivity contribution in [1.29, 1.82) is 0 Å². The van der Waals surface area contributed by atoms with Crippen molar-refractivity contribution in [2.75, 3.05) is 13.1 Å². The first-order valence-corrected chi connectivity index (χ1v) is 5.62. The minimum absolute atomic E-state index is 0.0926. The van der Waals surface area contributed by atoms with Gasteiger partial charge < -0.3 is 14.8 Å². The minimum Gasteiger partial charge on any atom is -0.434 e. The maximum atomic E-state index is 11.6. The van der Waals surface area contributed by atoms with Crippen LogP contribution < -0.4 is 5.32 Å². The molecular weight excluding hydrogens is 246 g/mol. The number of esters is 1. The van der Waals surface area contributed by atoms with Crippen LogP contribution in [0, 0.1) is 0 Å². The number of carbonyl (C=O) groups excluding carboxylic acids is 1. The SMILES string of the molecule is O=C(Cc1ccncn1)OC1CNCC(Cl)O1. The van der Waals surface area contributed by atoms with Crippen LogP contribution in [0.5, 0.6) is 0 Å². The summed E-state index contributed by atoms with van der Waals surface area (Å²) in [5.74, 6) is -0.402. The highest BCUT2D eigenvalue weighted by Gasteiger charge is 2.23. The van der Waals surface area contributed by atoms with Crippen molar-refractivity contribution in [2.24, 2.45) is 0 Å². The predicted octanol–water partition coefficient (Wildman–Crippen LogP) is 0.0731. The second-order valence-electron chi connectivity index (χ2n) is 3.50. The van der Waals surface area contributed by atoms with Crippen LogP contribution in [0.25, 0.3) is 0 Å². The van der Waals surface area contributed by atoms with Crippen molar-refractivity contribution < 1.29 is 14.3 Å². The normalized spacial score (nSPS) is 24.3. The molecule has 1 N–H and O–H groups in total. The Bertz CT molecular complexity index is 376. The molecule has 2 unspecified atom stereocenters. The molecule has 7 heteroatoms. The summed E-state index contributed by atoms with van der Waals surface area (Å²) in [7, 11) is 0. The Morgan fingerprint density at radius 3 is 3.24 bits per heavy atom. The molecule has 1 saturated heterocycles. The van der Waals surface area contributed by atoms with Crippen molar-refractivity contribution in [3.05, 3.63) is 24.3 Å². The van der Waals surface area contributed by atoms with Gasteiger partial charge in [0.05, 0.1) is 18.7 Å². The summed E-state index contributed by atoms with van der Waals surface area (Å²) in [6.07, 6.45) is 2.41. The molecule has 0 spiro atoms. The zero-order valence-electron chi connectivity index (χ0n) is 9.01. The molecule has 17 heavy (non-hydrogen) atoms. The van der Waals surface area contributed by atoms with Gasteiger partial charge in [0.1, 0.15) is 11.9 Å². The number of nitrogens with one attached hydrogen (secondary N) is 1. The fraction of sp³-hybridized carbons (Fsp3) is 0.500. The maximum absolute atomic E-state index is 11.6. The van der Waals surface area contributed by atoms with Crippen molar-refractivity contribution in [1.82, 2.24) is 15.3 Å². The molecule has 92 valence electrons. The van der Waals surface area contributed by atoms with Gasteiger partial charge in [0.15, 0.2) is 0 Å². The Kier molecular flexibility index (Phi) is 4.24. The van der Waals surface area contributed by atoms with Gasteiger partial charge in [-0.2, -0.15) is 0 Å². The molecule has 0 aromatic carbocycles. The van der Waals surface area contributed by atoms with E-state index in [0.29, 0.717) is 18.8 Å². The zero-order valence-corrected chi connectivity index (χ0v) is 9.76. The minimum atomic E-state index is -0.638. The zero-order chi connectivity index (χ0) is 12.1. The molecule has 1 aromatic heterocycles. The van der Waals surface area contributed by atoms with E-state index in [1.165, 1.54) is 6.33 Å². The van der Waals surface area contributed by atoms with Crippen LogP contribution in [-0.4, -0.2) is 40.9 Å². The molecule has 0 amide bonds. The van der Waals surface area contributed by atoms with Gasteiger partial charge in [-0.25, -0.2) is 9.97 Å². The van der Waals surface area contributed by atoms with Gasteiger partial charge in [-0.1, -0.05) is 11.6 Å². The van der Waals surface area contributed by atoms with Crippen LogP contribution in [0.4, 0.5) is 0 Å². The standard InChI is InChI=1S/C10H12ClN3O3/c11-8-4-13-5-10(16-8)17-9(15)3-7-1-2-12-6-14-7/h1-2,6,8,10,13H,3-5H2. The lowest BCUT2D eigenvalue weighted by atomic mass is 10.3. The first-order valence-electron chi connectivity index (χ1n) is 5.18. The Hall–Kier alpha value is -1.24. The van der Waals surface area contributed by atoms with Gasteiger partial charge in [-0.05, 0) is 6.07 Å². The first kappa shape index (κ1) is 12.2. The number of ether oxygens (including phenoxy) is 2. The Balaban J connectivity index is 1.81. The summed E-state index contributed by atoms with van der Waals surface area (Å²) < 4.78 is 10.3. The van der Waals surface area contributed by atoms with E-state index in [1.807, 2.05) is 0 Å². The fourth-order valence-electron chi connectivity index (χ4n) is 1.40. The van der Waals surface area contributed by atoms with E-state index in [-0.39, 0.29) is 6.42 Å². The molecule has 6 nitrogen and oxygen atoms in total. The third-order valence-corrected chi connectivity index (χ3v) is 2.40. The summed E-state index contributed by atoms with van der Waals surface area (Å²) in [6.45, 7) is 0.986. The highest BCUT2D eigenvalue weighted by atomic mass is 35.5. The van der Waals surface area contributed by atoms with Crippen LogP contribution in [0.15, 0.2) is 18.6 Å². The maximum Gasteiger partial charge on any atom is 0.314 e. The lowest BCUT2D eigenvalue weighted by Crippen LogP contribution is -2.44. The van der Waals surface area contributed by atoms with Crippen LogP contribution in [-0.2, 0) is 20.7 Å². The van der Waals surface area contributed by atoms with Crippen LogP contribution in [0.3, 0.4) is 0 Å². The molecule has 2 rings (SSSR count). The Morgan fingerprint density at radius 1 is 1.65 bits per heavy atom. The number of nitrogens with zero attached hydrogens (tertiary/aromatic N) is 2. The molecule has 0 bridgehead atoms. The number of morpholine rings is 1. The molecule has 0 radical (unpaired) electrons. The second kappa shape index (κ2) is 5.90. The van der Waals surface area contributed by atoms with E-state index in [0.717, 1.165) is 0 Å². The van der Waals surface area contributed by atoms with Gasteiger partial charge >= 0.3 is 5.97 Å². The third-order valence-electron chi connectivity index (χ3n) is 2.15. The predicted molar refractivity (Wildman–Crippen MR) is 59.2 cm³/mol. The highest BCUT2D eigenvalue weighted by molar-refractivity contribution is 6.19. The molecule has 0 aliphatic carbocycles. The Labute approximate surface area is 103 Å². The van der Waals surface area contributed by atoms with E-state index >= 15 is 0 Å². The molecule has 1 aromatic rings. The van der Waals surface area contributed by atoms with Gasteiger partial charge in [0, 0.05) is 12.7 Å². The summed E-state index contributed by atoms with van der Waals surface area (Å²) in [5.41, 5.74) is 0.136. The summed E-state index contributed by atoms with van der Waals surface area (Å²) in [6, 6.07) is 1.66. The highest BCUT2D eigenvalue weighted by Crippen LogP contribution is 2.09. The monoisotopic (exact) mass is 257 g/mol. The number of halogens is 1. The molecular formula is C10H12ClN3O3. The number of hydrogen-bond acceptors (Lipinski definition) is 6. The molecule has 2 atom stereocenters. The van der Waals surface area contributed by atoms with E-state index in [9.17, 15) is 4.79 Å². The van der Waals surface area contributed by atoms with Gasteiger partial charge in [0.25, 0.3) is 0 Å². The van der Waals surface area contributed by atoms with E-state index < -0.39 is 17.8 Å². The molecule has 1 aliphatic heterocycles. The average molecular weight is 258 g/mol. The summed E-state index contributed by atoms with van der Waals surface area (Å²) in [5, 5.41) is 2.99. The third kappa shape index (κ3) is 3.92. The van der Waals surface area contributed by atoms with Crippen LogP contribution >= 0.6 is 11.6 Å². The average Bonchev–Trinajstić information content (AvgIpc) is 2.30. The van der Waals surface area contributed by atoms with Crippen molar-refractivity contribution >= 4 is 17.6 Å². The molecule has 0 saturated carbocycles. The molecule has 1 aliphatic rings. The van der Waals surface area contributed by atoms with Gasteiger partial charge in [-0.3, -0.25) is 4.79 Å². The van der Waals surface area contributed by atoms with Crippen LogP contribution in [0.2, 0.25) is 0 Å². The number of carbonyl (C=O) groups is 1. The van der Waals surface area contributed by atoms with E-state index in [2.05, 4.69) is 15.3 Å². The quantitative estimate of drug-likeness (QED) is 0.610. The summed E-state index contributed by atoms with van der Waals surface area (Å²) in [4.78, 5) is 19.2. The number of aromatic nitrogens is 2. The van der Waals surface area contributed by atoms with E-state index in [4.69, 9.17) is 21.1 Å². The number of rotatable bonds is 3. The molecule has 1 fully saturated rings. The summed E-state index contributed by atoms with van der Waals surface area (Å²) >= 11 is 5.76. The smallest absolute Gasteiger partial charge is 0.314 e. The topological polar surface area (TPSA) is 73.3 Å². The van der Waals surface area contributed by atoms with Gasteiger partial charge in [0.2, 0.25) is 6.29 Å². The molecule has 2 heterocycles. The number of hydrogen-bond donors (Lipinski definition) is 1. The largest absolute Gasteiger partial charge is 0.434 e. The van der Waals surface area contributed by atoms with Crippen molar-refractivity contribution in [3.63, 3.8) is 0 Å². The van der Waals surface area contributed by atoms with Crippen molar-refractivity contribution in [3.8, 4) is 0 Å². The van der Waals surface area contributed by atoms with Gasteiger partial charge in [-0.15, -0.1) is 0 Å². The lowest BCUT2D eigenvalue weighted by Gasteiger charge is -2.26. The van der Waals surface area contributed by atoms with Crippen LogP contribution in [0.1, 0.15) is 5.69 Å². The van der Waals surface area contributed by atoms with E-state index in [1.54, 1.807) is 12.3 Å². The lowest BCUT2D eigenvalue weighted by molar-refractivity contribution is -0.186. The van der Waals surface area contributed by atoms with Crippen molar-refractivity contribution in [2.45, 2.75) is 18.3 Å². The number of alkyl halides is 1.